The van der Waals surface area contributed by atoms with Gasteiger partial charge in [0, 0.05) is 10.8 Å². The first-order chi connectivity index (χ1) is 14.7. The summed E-state index contributed by atoms with van der Waals surface area (Å²) in [6.07, 6.45) is -4.41. The third-order valence-corrected chi connectivity index (χ3v) is 6.02. The summed E-state index contributed by atoms with van der Waals surface area (Å²) < 4.78 is 40.7. The molecule has 0 aliphatic heterocycles. The molecule has 0 fully saturated rings. The number of rotatable bonds is 4. The van der Waals surface area contributed by atoms with Gasteiger partial charge in [0.2, 0.25) is 0 Å². The van der Waals surface area contributed by atoms with E-state index in [1.54, 1.807) is 24.3 Å². The third-order valence-electron chi connectivity index (χ3n) is 4.78. The Labute approximate surface area is 185 Å². The maximum atomic E-state index is 13.3. The molecule has 0 unspecified atom stereocenters. The predicted octanol–water partition coefficient (Wildman–Crippen LogP) is 6.66. The fourth-order valence-electron chi connectivity index (χ4n) is 3.25. The lowest BCUT2D eigenvalue weighted by molar-refractivity contribution is -0.137. The van der Waals surface area contributed by atoms with Crippen LogP contribution in [0.3, 0.4) is 0 Å². The number of aryl methyl sites for hydroxylation is 1. The molecule has 31 heavy (non-hydrogen) atoms. The summed E-state index contributed by atoms with van der Waals surface area (Å²) >= 11 is 7.28. The molecule has 0 saturated carbocycles. The van der Waals surface area contributed by atoms with Crippen LogP contribution in [0.15, 0.2) is 76.7 Å². The Morgan fingerprint density at radius 1 is 1.03 bits per heavy atom. The summed E-state index contributed by atoms with van der Waals surface area (Å²) in [4.78, 5) is 17.9. The number of benzene rings is 3. The maximum Gasteiger partial charge on any atom is 0.416 e. The summed E-state index contributed by atoms with van der Waals surface area (Å²) in [5.41, 5.74) is 1.50. The molecule has 3 nitrogen and oxygen atoms in total. The molecular weight excluding hydrogens is 445 g/mol. The first-order valence-corrected chi connectivity index (χ1v) is 10.7. The first-order valence-electron chi connectivity index (χ1n) is 9.31. The Hall–Kier alpha value is -2.77. The van der Waals surface area contributed by atoms with Gasteiger partial charge in [-0.1, -0.05) is 59.8 Å². The number of alkyl halides is 3. The first kappa shape index (κ1) is 21.5. The van der Waals surface area contributed by atoms with E-state index in [9.17, 15) is 18.0 Å². The quantitative estimate of drug-likeness (QED) is 0.252. The zero-order valence-electron chi connectivity index (χ0n) is 16.3. The third kappa shape index (κ3) is 4.48. The van der Waals surface area contributed by atoms with Crippen LogP contribution in [-0.2, 0) is 11.9 Å². The van der Waals surface area contributed by atoms with Crippen LogP contribution in [0.4, 0.5) is 13.2 Å². The van der Waals surface area contributed by atoms with Crippen LogP contribution in [-0.4, -0.2) is 9.55 Å². The van der Waals surface area contributed by atoms with E-state index in [1.807, 2.05) is 31.2 Å². The Morgan fingerprint density at radius 3 is 2.55 bits per heavy atom. The second-order valence-corrected chi connectivity index (χ2v) is 8.35. The Bertz CT molecular complexity index is 1330. The van der Waals surface area contributed by atoms with Crippen molar-refractivity contribution < 1.29 is 13.2 Å². The smallest absolute Gasteiger partial charge is 0.268 e. The van der Waals surface area contributed by atoms with Crippen molar-refractivity contribution in [1.82, 2.24) is 9.55 Å². The molecule has 0 aliphatic rings. The normalized spacial score (nSPS) is 11.8. The van der Waals surface area contributed by atoms with E-state index in [0.717, 1.165) is 17.7 Å². The van der Waals surface area contributed by atoms with Gasteiger partial charge in [-0.15, -0.1) is 0 Å². The molecule has 0 saturated heterocycles. The van der Waals surface area contributed by atoms with Crippen molar-refractivity contribution in [1.29, 1.82) is 0 Å². The van der Waals surface area contributed by atoms with Crippen LogP contribution >= 0.6 is 23.4 Å². The lowest BCUT2D eigenvalue weighted by atomic mass is 10.1. The largest absolute Gasteiger partial charge is 0.416 e. The van der Waals surface area contributed by atoms with E-state index < -0.39 is 11.7 Å². The van der Waals surface area contributed by atoms with Gasteiger partial charge in [-0.25, -0.2) is 4.98 Å². The maximum absolute atomic E-state index is 13.3. The molecule has 8 heteroatoms. The van der Waals surface area contributed by atoms with Crippen molar-refractivity contribution in [3.8, 4) is 5.69 Å². The zero-order chi connectivity index (χ0) is 22.2. The molecular formula is C23H16ClF3N2OS. The SMILES string of the molecule is Cc1ccccc1-n1c(SCc2cccc(C(F)(F)F)c2)nc2cc(Cl)ccc2c1=O. The Morgan fingerprint density at radius 2 is 1.81 bits per heavy atom. The molecule has 1 heterocycles. The van der Waals surface area contributed by atoms with E-state index in [4.69, 9.17) is 11.6 Å². The number of hydrogen-bond acceptors (Lipinski definition) is 3. The highest BCUT2D eigenvalue weighted by atomic mass is 35.5. The van der Waals surface area contributed by atoms with Crippen molar-refractivity contribution in [2.75, 3.05) is 0 Å². The highest BCUT2D eigenvalue weighted by molar-refractivity contribution is 7.98. The molecule has 0 spiro atoms. The van der Waals surface area contributed by atoms with Gasteiger partial charge in [0.1, 0.15) is 0 Å². The molecule has 0 amide bonds. The Kier molecular flexibility index (Phi) is 5.81. The number of nitrogens with zero attached hydrogens (tertiary/aromatic N) is 2. The number of thioether (sulfide) groups is 1. The number of halogens is 4. The van der Waals surface area contributed by atoms with Gasteiger partial charge >= 0.3 is 6.18 Å². The standard InChI is InChI=1S/C23H16ClF3N2OS/c1-14-5-2-3-8-20(14)29-21(30)18-10-9-17(24)12-19(18)28-22(29)31-13-15-6-4-7-16(11-15)23(25,26)27/h2-12H,13H2,1H3. The van der Waals surface area contributed by atoms with E-state index in [1.165, 1.54) is 22.4 Å². The average Bonchev–Trinajstić information content (AvgIpc) is 2.72. The molecule has 0 bridgehead atoms. The minimum atomic E-state index is -4.41. The van der Waals surface area contributed by atoms with Crippen molar-refractivity contribution in [2.24, 2.45) is 0 Å². The zero-order valence-corrected chi connectivity index (χ0v) is 17.9. The molecule has 4 rings (SSSR count). The van der Waals surface area contributed by atoms with Crippen molar-refractivity contribution in [3.63, 3.8) is 0 Å². The van der Waals surface area contributed by atoms with Crippen molar-refractivity contribution in [3.05, 3.63) is 98.8 Å². The summed E-state index contributed by atoms with van der Waals surface area (Å²) in [5, 5.41) is 1.24. The minimum Gasteiger partial charge on any atom is -0.268 e. The summed E-state index contributed by atoms with van der Waals surface area (Å²) in [5.74, 6) is 0.217. The molecule has 3 aromatic carbocycles. The Balaban J connectivity index is 1.82. The van der Waals surface area contributed by atoms with Crippen LogP contribution in [0.1, 0.15) is 16.7 Å². The van der Waals surface area contributed by atoms with Gasteiger partial charge in [0.25, 0.3) is 5.56 Å². The molecule has 158 valence electrons. The average molecular weight is 461 g/mol. The van der Waals surface area contributed by atoms with Gasteiger partial charge in [0.15, 0.2) is 5.16 Å². The highest BCUT2D eigenvalue weighted by Gasteiger charge is 2.30. The molecule has 0 aliphatic carbocycles. The van der Waals surface area contributed by atoms with Crippen LogP contribution in [0.5, 0.6) is 0 Å². The number of fused-ring (bicyclic) bond motifs is 1. The predicted molar refractivity (Wildman–Crippen MR) is 118 cm³/mol. The number of hydrogen-bond donors (Lipinski definition) is 0. The lowest BCUT2D eigenvalue weighted by Crippen LogP contribution is -2.22. The van der Waals surface area contributed by atoms with Crippen LogP contribution in [0.2, 0.25) is 5.02 Å². The number of aromatic nitrogens is 2. The fraction of sp³-hybridized carbons (Fsp3) is 0.130. The van der Waals surface area contributed by atoms with Crippen LogP contribution < -0.4 is 5.56 Å². The molecule has 1 aromatic heterocycles. The van der Waals surface area contributed by atoms with Crippen molar-refractivity contribution >= 4 is 34.3 Å². The molecule has 0 N–H and O–H groups in total. The summed E-state index contributed by atoms with van der Waals surface area (Å²) in [7, 11) is 0. The monoisotopic (exact) mass is 460 g/mol. The van der Waals surface area contributed by atoms with Gasteiger partial charge in [-0.2, -0.15) is 13.2 Å². The minimum absolute atomic E-state index is 0.217. The van der Waals surface area contributed by atoms with Gasteiger partial charge < -0.3 is 0 Å². The second kappa shape index (κ2) is 8.40. The van der Waals surface area contributed by atoms with E-state index in [-0.39, 0.29) is 11.3 Å². The van der Waals surface area contributed by atoms with E-state index >= 15 is 0 Å². The van der Waals surface area contributed by atoms with E-state index in [0.29, 0.717) is 32.3 Å². The lowest BCUT2D eigenvalue weighted by Gasteiger charge is -2.15. The number of para-hydroxylation sites is 1. The summed E-state index contributed by atoms with van der Waals surface area (Å²) in [6, 6.07) is 17.4. The van der Waals surface area contributed by atoms with E-state index in [2.05, 4.69) is 4.98 Å². The topological polar surface area (TPSA) is 34.9 Å². The molecule has 0 atom stereocenters. The van der Waals surface area contributed by atoms with Crippen LogP contribution in [0.25, 0.3) is 16.6 Å². The highest BCUT2D eigenvalue weighted by Crippen LogP contribution is 2.32. The van der Waals surface area contributed by atoms with Gasteiger partial charge in [0.05, 0.1) is 22.2 Å². The van der Waals surface area contributed by atoms with Gasteiger partial charge in [-0.05, 0) is 48.4 Å². The second-order valence-electron chi connectivity index (χ2n) is 6.97. The van der Waals surface area contributed by atoms with Gasteiger partial charge in [-0.3, -0.25) is 9.36 Å². The van der Waals surface area contributed by atoms with Crippen molar-refractivity contribution in [2.45, 2.75) is 24.0 Å². The summed E-state index contributed by atoms with van der Waals surface area (Å²) in [6.45, 7) is 1.88. The van der Waals surface area contributed by atoms with Crippen LogP contribution in [0, 0.1) is 6.92 Å². The molecule has 0 radical (unpaired) electrons. The molecule has 4 aromatic rings. The fourth-order valence-corrected chi connectivity index (χ4v) is 4.36.